The molecular formula is C20H30INO3. The molecule has 1 aromatic rings. The SMILES string of the molecule is CCc1cc2c(c(C(=O)C[N+]3(C)CCCCC3)c1CC)OCCO2.[I-]. The van der Waals surface area contributed by atoms with E-state index in [2.05, 4.69) is 27.0 Å². The van der Waals surface area contributed by atoms with Crippen molar-refractivity contribution in [3.8, 4) is 11.5 Å². The van der Waals surface area contributed by atoms with Crippen molar-refractivity contribution >= 4 is 5.78 Å². The fourth-order valence-corrected chi connectivity index (χ4v) is 4.15. The molecule has 2 aliphatic heterocycles. The molecule has 5 heteroatoms. The Morgan fingerprint density at radius 1 is 1.08 bits per heavy atom. The second kappa shape index (κ2) is 8.71. The van der Waals surface area contributed by atoms with E-state index in [-0.39, 0.29) is 29.8 Å². The molecule has 2 aliphatic rings. The highest BCUT2D eigenvalue weighted by molar-refractivity contribution is 6.02. The monoisotopic (exact) mass is 459 g/mol. The first-order chi connectivity index (χ1) is 11.6. The van der Waals surface area contributed by atoms with Crippen LogP contribution in [0.5, 0.6) is 11.5 Å². The van der Waals surface area contributed by atoms with Gasteiger partial charge in [0.1, 0.15) is 19.8 Å². The average Bonchev–Trinajstić information content (AvgIpc) is 2.59. The number of hydrogen-bond donors (Lipinski definition) is 0. The molecule has 0 unspecified atom stereocenters. The summed E-state index contributed by atoms with van der Waals surface area (Å²) >= 11 is 0. The van der Waals surface area contributed by atoms with Crippen molar-refractivity contribution in [2.24, 2.45) is 0 Å². The Balaban J connectivity index is 0.00000225. The predicted molar refractivity (Wildman–Crippen MR) is 95.2 cm³/mol. The molecule has 0 radical (unpaired) electrons. The zero-order valence-electron chi connectivity index (χ0n) is 15.7. The standard InChI is InChI=1S/C20H30NO3.HI/c1-4-15-13-18-20(24-12-11-23-18)19(16(15)5-2)17(22)14-21(3)9-7-6-8-10-21;/h13H,4-12,14H2,1-3H3;1H/q+1;/p-1. The summed E-state index contributed by atoms with van der Waals surface area (Å²) in [7, 11) is 2.22. The number of nitrogens with zero attached hydrogens (tertiary/aromatic N) is 1. The first kappa shape index (κ1) is 20.5. The maximum Gasteiger partial charge on any atom is 0.221 e. The number of likely N-dealkylation sites (tertiary alicyclic amines) is 1. The van der Waals surface area contributed by atoms with Crippen LogP contribution >= 0.6 is 0 Å². The number of fused-ring (bicyclic) bond motifs is 1. The molecule has 0 bridgehead atoms. The van der Waals surface area contributed by atoms with Crippen molar-refractivity contribution in [3.63, 3.8) is 0 Å². The normalized spacial score (nSPS) is 18.4. The fourth-order valence-electron chi connectivity index (χ4n) is 4.15. The number of Topliss-reactive ketones (excluding diaryl/α,β-unsaturated/α-hetero) is 1. The number of carbonyl (C=O) groups is 1. The van der Waals surface area contributed by atoms with Crippen LogP contribution in [0.15, 0.2) is 6.07 Å². The van der Waals surface area contributed by atoms with E-state index in [4.69, 9.17) is 9.47 Å². The number of rotatable bonds is 5. The number of hydrogen-bond acceptors (Lipinski definition) is 3. The second-order valence-electron chi connectivity index (χ2n) is 7.33. The number of carbonyl (C=O) groups excluding carboxylic acids is 1. The molecule has 1 fully saturated rings. The number of ether oxygens (including phenoxy) is 2. The van der Waals surface area contributed by atoms with Crippen molar-refractivity contribution in [1.82, 2.24) is 0 Å². The van der Waals surface area contributed by atoms with Crippen LogP contribution < -0.4 is 33.5 Å². The van der Waals surface area contributed by atoms with Gasteiger partial charge in [-0.25, -0.2) is 0 Å². The van der Waals surface area contributed by atoms with E-state index in [1.54, 1.807) is 0 Å². The highest BCUT2D eigenvalue weighted by Gasteiger charge is 2.33. The zero-order chi connectivity index (χ0) is 17.2. The van der Waals surface area contributed by atoms with Gasteiger partial charge in [-0.15, -0.1) is 0 Å². The number of aryl methyl sites for hydroxylation is 1. The van der Waals surface area contributed by atoms with Gasteiger partial charge in [-0.1, -0.05) is 13.8 Å². The Kier molecular flexibility index (Phi) is 7.14. The van der Waals surface area contributed by atoms with E-state index in [1.807, 2.05) is 0 Å². The van der Waals surface area contributed by atoms with Crippen LogP contribution in [0.1, 0.15) is 54.6 Å². The number of ketones is 1. The number of likely N-dealkylation sites (N-methyl/N-ethyl adjacent to an activating group) is 1. The third-order valence-electron chi connectivity index (χ3n) is 5.47. The molecule has 1 saturated heterocycles. The molecule has 0 aromatic heterocycles. The Morgan fingerprint density at radius 2 is 1.76 bits per heavy atom. The fraction of sp³-hybridized carbons (Fsp3) is 0.650. The van der Waals surface area contributed by atoms with E-state index in [9.17, 15) is 4.79 Å². The zero-order valence-corrected chi connectivity index (χ0v) is 17.9. The summed E-state index contributed by atoms with van der Waals surface area (Å²) in [6.45, 7) is 8.10. The van der Waals surface area contributed by atoms with Gasteiger partial charge >= 0.3 is 0 Å². The van der Waals surface area contributed by atoms with Crippen molar-refractivity contribution in [2.45, 2.75) is 46.0 Å². The summed E-state index contributed by atoms with van der Waals surface area (Å²) < 4.78 is 12.5. The van der Waals surface area contributed by atoms with Gasteiger partial charge in [0.25, 0.3) is 0 Å². The Morgan fingerprint density at radius 3 is 2.40 bits per heavy atom. The minimum Gasteiger partial charge on any atom is -1.00 e. The van der Waals surface area contributed by atoms with Crippen LogP contribution in [0, 0.1) is 0 Å². The minimum atomic E-state index is 0. The summed E-state index contributed by atoms with van der Waals surface area (Å²) in [6.07, 6.45) is 5.49. The van der Waals surface area contributed by atoms with Gasteiger partial charge < -0.3 is 37.9 Å². The highest BCUT2D eigenvalue weighted by Crippen LogP contribution is 2.39. The van der Waals surface area contributed by atoms with Crippen LogP contribution in [0.2, 0.25) is 0 Å². The Hall–Kier alpha value is -0.820. The third-order valence-corrected chi connectivity index (χ3v) is 5.47. The van der Waals surface area contributed by atoms with Crippen LogP contribution in [-0.2, 0) is 12.8 Å². The third kappa shape index (κ3) is 4.30. The molecule has 2 heterocycles. The van der Waals surface area contributed by atoms with Gasteiger partial charge in [0.15, 0.2) is 11.5 Å². The van der Waals surface area contributed by atoms with E-state index in [1.165, 1.54) is 24.8 Å². The largest absolute Gasteiger partial charge is 1.00 e. The smallest absolute Gasteiger partial charge is 0.221 e. The minimum absolute atomic E-state index is 0. The van der Waals surface area contributed by atoms with Crippen molar-refractivity contribution < 1.29 is 42.7 Å². The number of piperidine rings is 1. The second-order valence-corrected chi connectivity index (χ2v) is 7.33. The lowest BCUT2D eigenvalue weighted by Gasteiger charge is -2.37. The molecule has 0 N–H and O–H groups in total. The van der Waals surface area contributed by atoms with Crippen molar-refractivity contribution in [1.29, 1.82) is 0 Å². The molecule has 140 valence electrons. The van der Waals surface area contributed by atoms with E-state index < -0.39 is 0 Å². The molecular weight excluding hydrogens is 429 g/mol. The molecule has 4 nitrogen and oxygen atoms in total. The van der Waals surface area contributed by atoms with Gasteiger partial charge in [0.2, 0.25) is 5.78 Å². The van der Waals surface area contributed by atoms with E-state index in [0.717, 1.165) is 47.3 Å². The maximum atomic E-state index is 13.3. The van der Waals surface area contributed by atoms with Gasteiger partial charge in [-0.05, 0) is 49.3 Å². The van der Waals surface area contributed by atoms with Crippen LogP contribution in [0.4, 0.5) is 0 Å². The van der Waals surface area contributed by atoms with Gasteiger partial charge in [0, 0.05) is 0 Å². The molecule has 0 saturated carbocycles. The molecule has 0 spiro atoms. The quantitative estimate of drug-likeness (QED) is 0.364. The molecule has 0 amide bonds. The summed E-state index contributed by atoms with van der Waals surface area (Å²) in [5, 5.41) is 0. The molecule has 3 rings (SSSR count). The van der Waals surface area contributed by atoms with Crippen LogP contribution in [0.3, 0.4) is 0 Å². The first-order valence-corrected chi connectivity index (χ1v) is 9.39. The summed E-state index contributed by atoms with van der Waals surface area (Å²) in [5.74, 6) is 1.65. The lowest BCUT2D eigenvalue weighted by Crippen LogP contribution is -3.00. The molecule has 1 aromatic carbocycles. The topological polar surface area (TPSA) is 35.5 Å². The highest BCUT2D eigenvalue weighted by atomic mass is 127. The molecule has 25 heavy (non-hydrogen) atoms. The van der Waals surface area contributed by atoms with Crippen LogP contribution in [0.25, 0.3) is 0 Å². The summed E-state index contributed by atoms with van der Waals surface area (Å²) in [5.41, 5.74) is 3.15. The van der Waals surface area contributed by atoms with E-state index >= 15 is 0 Å². The molecule has 0 atom stereocenters. The number of quaternary nitrogens is 1. The van der Waals surface area contributed by atoms with Crippen molar-refractivity contribution in [3.05, 3.63) is 22.8 Å². The Bertz CT molecular complexity index is 610. The van der Waals surface area contributed by atoms with Crippen LogP contribution in [-0.4, -0.2) is 50.2 Å². The number of halogens is 1. The van der Waals surface area contributed by atoms with Gasteiger partial charge in [-0.2, -0.15) is 0 Å². The molecule has 0 aliphatic carbocycles. The van der Waals surface area contributed by atoms with Crippen molar-refractivity contribution in [2.75, 3.05) is 39.9 Å². The summed E-state index contributed by atoms with van der Waals surface area (Å²) in [4.78, 5) is 13.3. The maximum absolute atomic E-state index is 13.3. The Labute approximate surface area is 168 Å². The lowest BCUT2D eigenvalue weighted by molar-refractivity contribution is -0.906. The van der Waals surface area contributed by atoms with Gasteiger partial charge in [0.05, 0.1) is 25.7 Å². The predicted octanol–water partition coefficient (Wildman–Crippen LogP) is 0.400. The van der Waals surface area contributed by atoms with E-state index in [0.29, 0.717) is 25.5 Å². The van der Waals surface area contributed by atoms with Gasteiger partial charge in [-0.3, -0.25) is 4.79 Å². The number of benzene rings is 1. The first-order valence-electron chi connectivity index (χ1n) is 9.39. The lowest BCUT2D eigenvalue weighted by atomic mass is 9.92. The summed E-state index contributed by atoms with van der Waals surface area (Å²) in [6, 6.07) is 2.07. The average molecular weight is 459 g/mol.